The molecule has 0 aromatic heterocycles. The van der Waals surface area contributed by atoms with Crippen molar-refractivity contribution in [2.75, 3.05) is 13.1 Å². The van der Waals surface area contributed by atoms with Crippen molar-refractivity contribution >= 4 is 5.97 Å². The van der Waals surface area contributed by atoms with Gasteiger partial charge in [-0.1, -0.05) is 19.8 Å². The monoisotopic (exact) mass is 184 g/mol. The number of hydrogen-bond acceptors (Lipinski definition) is 2. The van der Waals surface area contributed by atoms with E-state index in [0.717, 1.165) is 19.5 Å². The Morgan fingerprint density at radius 3 is 2.85 bits per heavy atom. The molecule has 1 fully saturated rings. The number of hydrogen-bond donors (Lipinski definition) is 0. The van der Waals surface area contributed by atoms with E-state index in [1.807, 2.05) is 0 Å². The number of rotatable bonds is 7. The first kappa shape index (κ1) is 10.5. The van der Waals surface area contributed by atoms with Crippen LogP contribution in [0.1, 0.15) is 39.0 Å². The molecular formula is C10H18NO2. The molecule has 0 amide bonds. The maximum atomic E-state index is 10.4. The normalized spacial score (nSPS) is 21.0. The third-order valence-corrected chi connectivity index (χ3v) is 2.22. The van der Waals surface area contributed by atoms with Crippen molar-refractivity contribution in [1.29, 1.82) is 0 Å². The van der Waals surface area contributed by atoms with E-state index in [1.165, 1.54) is 19.3 Å². The third-order valence-electron chi connectivity index (χ3n) is 2.22. The van der Waals surface area contributed by atoms with Gasteiger partial charge in [0.15, 0.2) is 0 Å². The zero-order chi connectivity index (χ0) is 9.52. The summed E-state index contributed by atoms with van der Waals surface area (Å²) >= 11 is 0. The summed E-state index contributed by atoms with van der Waals surface area (Å²) < 4.78 is 4.87. The molecule has 0 spiro atoms. The molecule has 0 bridgehead atoms. The summed E-state index contributed by atoms with van der Waals surface area (Å²) in [5.41, 5.74) is 0. The van der Waals surface area contributed by atoms with Crippen LogP contribution in [0, 0.1) is 0 Å². The Kier molecular flexibility index (Phi) is 4.83. The minimum atomic E-state index is -0.0593. The molecule has 1 heterocycles. The van der Waals surface area contributed by atoms with Crippen LogP contribution < -0.4 is 5.32 Å². The lowest BCUT2D eigenvalue weighted by Gasteiger charge is -2.25. The first-order valence-corrected chi connectivity index (χ1v) is 5.15. The van der Waals surface area contributed by atoms with Crippen LogP contribution in [0.3, 0.4) is 0 Å². The fraction of sp³-hybridized carbons (Fsp3) is 0.900. The van der Waals surface area contributed by atoms with Crippen LogP contribution in [0.2, 0.25) is 0 Å². The smallest absolute Gasteiger partial charge is 0.309 e. The Morgan fingerprint density at radius 2 is 2.23 bits per heavy atom. The molecule has 13 heavy (non-hydrogen) atoms. The van der Waals surface area contributed by atoms with E-state index in [-0.39, 0.29) is 12.1 Å². The highest BCUT2D eigenvalue weighted by atomic mass is 16.6. The van der Waals surface area contributed by atoms with E-state index < -0.39 is 0 Å². The Morgan fingerprint density at radius 1 is 1.46 bits per heavy atom. The molecule has 0 aromatic carbocycles. The highest BCUT2D eigenvalue weighted by Crippen LogP contribution is 2.15. The predicted molar refractivity (Wildman–Crippen MR) is 50.5 cm³/mol. The number of nitrogens with zero attached hydrogens (tertiary/aromatic N) is 1. The maximum absolute atomic E-state index is 10.4. The number of carbonyl (C=O) groups is 1. The van der Waals surface area contributed by atoms with Crippen LogP contribution >= 0.6 is 0 Å². The van der Waals surface area contributed by atoms with E-state index in [2.05, 4.69) is 12.2 Å². The van der Waals surface area contributed by atoms with Gasteiger partial charge >= 0.3 is 5.97 Å². The van der Waals surface area contributed by atoms with Gasteiger partial charge in [0.1, 0.15) is 6.10 Å². The van der Waals surface area contributed by atoms with Crippen molar-refractivity contribution in [3.63, 3.8) is 0 Å². The van der Waals surface area contributed by atoms with Crippen molar-refractivity contribution in [3.8, 4) is 0 Å². The van der Waals surface area contributed by atoms with Crippen molar-refractivity contribution in [2.45, 2.75) is 45.1 Å². The second-order valence-electron chi connectivity index (χ2n) is 3.48. The van der Waals surface area contributed by atoms with Gasteiger partial charge in [-0.25, -0.2) is 5.32 Å². The standard InChI is InChI=1S/C10H18NO2/c1-2-3-4-6-11-7-5-9-8-10(12)13-9/h9H,2-8H2,1H3. The van der Waals surface area contributed by atoms with E-state index >= 15 is 0 Å². The summed E-state index contributed by atoms with van der Waals surface area (Å²) in [5, 5.41) is 4.36. The molecule has 0 saturated carbocycles. The summed E-state index contributed by atoms with van der Waals surface area (Å²) in [5.74, 6) is -0.0593. The van der Waals surface area contributed by atoms with Gasteiger partial charge in [-0.3, -0.25) is 4.79 Å². The first-order chi connectivity index (χ1) is 6.33. The average Bonchev–Trinajstić information content (AvgIpc) is 2.07. The van der Waals surface area contributed by atoms with Crippen LogP contribution in [0.25, 0.3) is 0 Å². The minimum Gasteiger partial charge on any atom is -0.462 e. The molecule has 1 rings (SSSR count). The van der Waals surface area contributed by atoms with Crippen molar-refractivity contribution in [1.82, 2.24) is 5.32 Å². The molecule has 1 aliphatic rings. The second kappa shape index (κ2) is 5.97. The lowest BCUT2D eigenvalue weighted by Crippen LogP contribution is -2.34. The zero-order valence-electron chi connectivity index (χ0n) is 8.29. The molecule has 75 valence electrons. The molecular weight excluding hydrogens is 166 g/mol. The fourth-order valence-corrected chi connectivity index (χ4v) is 1.34. The van der Waals surface area contributed by atoms with Crippen molar-refractivity contribution < 1.29 is 9.53 Å². The Hall–Kier alpha value is -0.570. The van der Waals surface area contributed by atoms with Gasteiger partial charge in [0.25, 0.3) is 0 Å². The molecule has 1 radical (unpaired) electrons. The minimum absolute atomic E-state index is 0.0593. The number of cyclic esters (lactones) is 1. The summed E-state index contributed by atoms with van der Waals surface area (Å²) in [4.78, 5) is 10.4. The van der Waals surface area contributed by atoms with Gasteiger partial charge in [-0.05, 0) is 12.8 Å². The highest BCUT2D eigenvalue weighted by Gasteiger charge is 2.27. The molecule has 1 aliphatic heterocycles. The molecule has 0 N–H and O–H groups in total. The Bertz CT molecular complexity index is 151. The summed E-state index contributed by atoms with van der Waals surface area (Å²) in [7, 11) is 0. The molecule has 1 unspecified atom stereocenters. The summed E-state index contributed by atoms with van der Waals surface area (Å²) in [6, 6.07) is 0. The fourth-order valence-electron chi connectivity index (χ4n) is 1.34. The van der Waals surface area contributed by atoms with Crippen molar-refractivity contribution in [3.05, 3.63) is 0 Å². The molecule has 3 nitrogen and oxygen atoms in total. The molecule has 0 aliphatic carbocycles. The van der Waals surface area contributed by atoms with Gasteiger partial charge in [0.05, 0.1) is 6.42 Å². The van der Waals surface area contributed by atoms with Gasteiger partial charge in [-0.2, -0.15) is 0 Å². The SMILES string of the molecule is CCCCC[N]CCC1CC(=O)O1. The van der Waals surface area contributed by atoms with E-state index in [1.54, 1.807) is 0 Å². The summed E-state index contributed by atoms with van der Waals surface area (Å²) in [6.07, 6.45) is 5.39. The maximum Gasteiger partial charge on any atom is 0.309 e. The van der Waals surface area contributed by atoms with Crippen LogP contribution in [0.15, 0.2) is 0 Å². The molecule has 0 aromatic rings. The average molecular weight is 184 g/mol. The van der Waals surface area contributed by atoms with Crippen LogP contribution in [-0.4, -0.2) is 25.2 Å². The number of ether oxygens (including phenoxy) is 1. The molecule has 1 atom stereocenters. The largest absolute Gasteiger partial charge is 0.462 e. The Labute approximate surface area is 79.8 Å². The Balaban J connectivity index is 1.77. The van der Waals surface area contributed by atoms with Crippen molar-refractivity contribution in [2.24, 2.45) is 0 Å². The van der Waals surface area contributed by atoms with E-state index in [9.17, 15) is 4.79 Å². The number of unbranched alkanes of at least 4 members (excludes halogenated alkanes) is 2. The van der Waals surface area contributed by atoms with Crippen LogP contribution in [-0.2, 0) is 9.53 Å². The topological polar surface area (TPSA) is 40.4 Å². The van der Waals surface area contributed by atoms with E-state index in [4.69, 9.17) is 4.74 Å². The van der Waals surface area contributed by atoms with Gasteiger partial charge < -0.3 is 4.74 Å². The summed E-state index contributed by atoms with van der Waals surface area (Å²) in [6.45, 7) is 4.00. The third kappa shape index (κ3) is 4.27. The second-order valence-corrected chi connectivity index (χ2v) is 3.48. The highest BCUT2D eigenvalue weighted by molar-refractivity contribution is 5.75. The lowest BCUT2D eigenvalue weighted by atomic mass is 10.1. The predicted octanol–water partition coefficient (Wildman–Crippen LogP) is 1.49. The number of esters is 1. The quantitative estimate of drug-likeness (QED) is 0.444. The number of carbonyl (C=O) groups excluding carboxylic acids is 1. The molecule has 1 saturated heterocycles. The molecule has 3 heteroatoms. The van der Waals surface area contributed by atoms with Gasteiger partial charge in [0.2, 0.25) is 0 Å². The van der Waals surface area contributed by atoms with E-state index in [0.29, 0.717) is 6.42 Å². The van der Waals surface area contributed by atoms with Gasteiger partial charge in [0, 0.05) is 13.1 Å². The zero-order valence-corrected chi connectivity index (χ0v) is 8.29. The van der Waals surface area contributed by atoms with Crippen LogP contribution in [0.5, 0.6) is 0 Å². The lowest BCUT2D eigenvalue weighted by molar-refractivity contribution is -0.169. The van der Waals surface area contributed by atoms with Gasteiger partial charge in [-0.15, -0.1) is 0 Å². The van der Waals surface area contributed by atoms with Crippen LogP contribution in [0.4, 0.5) is 0 Å². The first-order valence-electron chi connectivity index (χ1n) is 5.15.